The standard InChI is InChI=1S/C25H29N5O5/c1-15-7-9-20(10-8-15)14-35-22-12-11-21(13-23(22)34-6)16(2)26-27-25(31)19(5)29-18(4)24(30(32)33)17(3)28-29/h7-13,19H,14H2,1-6H3,(H,27,31)/b26-16+. The number of hydrogen-bond acceptors (Lipinski definition) is 7. The molecule has 1 atom stereocenters. The molecule has 0 aliphatic heterocycles. The second kappa shape index (κ2) is 10.8. The van der Waals surface area contributed by atoms with Crippen molar-refractivity contribution in [3.05, 3.63) is 80.7 Å². The highest BCUT2D eigenvalue weighted by Gasteiger charge is 2.27. The Morgan fingerprint density at radius 2 is 1.86 bits per heavy atom. The van der Waals surface area contributed by atoms with Crippen molar-refractivity contribution >= 4 is 17.3 Å². The van der Waals surface area contributed by atoms with Crippen molar-refractivity contribution in [2.45, 2.75) is 47.3 Å². The lowest BCUT2D eigenvalue weighted by molar-refractivity contribution is -0.386. The van der Waals surface area contributed by atoms with Gasteiger partial charge in [-0.05, 0) is 58.4 Å². The van der Waals surface area contributed by atoms with Gasteiger partial charge in [0.2, 0.25) is 0 Å². The van der Waals surface area contributed by atoms with E-state index in [9.17, 15) is 14.9 Å². The Bertz CT molecular complexity index is 1260. The molecular weight excluding hydrogens is 450 g/mol. The number of carbonyl (C=O) groups excluding carboxylic acids is 1. The van der Waals surface area contributed by atoms with Gasteiger partial charge >= 0.3 is 5.69 Å². The molecule has 0 saturated heterocycles. The first kappa shape index (κ1) is 25.4. The number of hydrogen-bond donors (Lipinski definition) is 1. The van der Waals surface area contributed by atoms with E-state index in [4.69, 9.17) is 9.47 Å². The van der Waals surface area contributed by atoms with Crippen molar-refractivity contribution in [1.82, 2.24) is 15.2 Å². The predicted molar refractivity (Wildman–Crippen MR) is 132 cm³/mol. The minimum absolute atomic E-state index is 0.0962. The molecule has 10 nitrogen and oxygen atoms in total. The third-order valence-corrected chi connectivity index (χ3v) is 5.65. The van der Waals surface area contributed by atoms with E-state index >= 15 is 0 Å². The molecule has 1 heterocycles. The fourth-order valence-corrected chi connectivity index (χ4v) is 3.56. The molecule has 0 saturated carbocycles. The zero-order valence-corrected chi connectivity index (χ0v) is 20.7. The van der Waals surface area contributed by atoms with Gasteiger partial charge in [0, 0.05) is 5.56 Å². The van der Waals surface area contributed by atoms with Crippen molar-refractivity contribution < 1.29 is 19.2 Å². The summed E-state index contributed by atoms with van der Waals surface area (Å²) in [6.07, 6.45) is 0. The minimum Gasteiger partial charge on any atom is -0.493 e. The molecule has 3 aromatic rings. The molecule has 0 spiro atoms. The normalized spacial score (nSPS) is 12.2. The maximum absolute atomic E-state index is 12.6. The summed E-state index contributed by atoms with van der Waals surface area (Å²) in [5.41, 5.74) is 6.49. The van der Waals surface area contributed by atoms with Gasteiger partial charge < -0.3 is 9.47 Å². The number of nitro groups is 1. The molecule has 1 aromatic heterocycles. The molecule has 2 aromatic carbocycles. The van der Waals surface area contributed by atoms with Crippen molar-refractivity contribution in [1.29, 1.82) is 0 Å². The maximum atomic E-state index is 12.6. The summed E-state index contributed by atoms with van der Waals surface area (Å²) in [6.45, 7) is 8.89. The number of benzene rings is 2. The molecule has 1 unspecified atom stereocenters. The van der Waals surface area contributed by atoms with Crippen LogP contribution >= 0.6 is 0 Å². The van der Waals surface area contributed by atoms with Gasteiger partial charge in [0.25, 0.3) is 5.91 Å². The van der Waals surface area contributed by atoms with Crippen LogP contribution in [0, 0.1) is 30.9 Å². The van der Waals surface area contributed by atoms with E-state index in [1.165, 1.54) is 17.2 Å². The number of amides is 1. The van der Waals surface area contributed by atoms with Gasteiger partial charge in [0.15, 0.2) is 11.5 Å². The van der Waals surface area contributed by atoms with E-state index in [2.05, 4.69) is 15.6 Å². The first-order valence-corrected chi connectivity index (χ1v) is 11.0. The van der Waals surface area contributed by atoms with Gasteiger partial charge in [-0.3, -0.25) is 19.6 Å². The van der Waals surface area contributed by atoms with Crippen LogP contribution in [0.4, 0.5) is 5.69 Å². The Morgan fingerprint density at radius 1 is 1.17 bits per heavy atom. The van der Waals surface area contributed by atoms with Crippen LogP contribution in [0.2, 0.25) is 0 Å². The zero-order chi connectivity index (χ0) is 25.7. The number of hydrazone groups is 1. The van der Waals surface area contributed by atoms with Gasteiger partial charge in [-0.1, -0.05) is 29.8 Å². The van der Waals surface area contributed by atoms with Crippen LogP contribution in [-0.2, 0) is 11.4 Å². The Labute approximate surface area is 203 Å². The Kier molecular flexibility index (Phi) is 7.85. The van der Waals surface area contributed by atoms with Crippen LogP contribution in [0.3, 0.4) is 0 Å². The van der Waals surface area contributed by atoms with Crippen molar-refractivity contribution in [3.63, 3.8) is 0 Å². The summed E-state index contributed by atoms with van der Waals surface area (Å²) >= 11 is 0. The highest BCUT2D eigenvalue weighted by Crippen LogP contribution is 2.29. The predicted octanol–water partition coefficient (Wildman–Crippen LogP) is 4.41. The minimum atomic E-state index is -0.786. The molecular formula is C25H29N5O5. The number of methoxy groups -OCH3 is 1. The lowest BCUT2D eigenvalue weighted by atomic mass is 10.1. The molecule has 0 aliphatic carbocycles. The maximum Gasteiger partial charge on any atom is 0.312 e. The van der Waals surface area contributed by atoms with Gasteiger partial charge in [-0.15, -0.1) is 0 Å². The average molecular weight is 480 g/mol. The molecule has 0 bridgehead atoms. The number of rotatable bonds is 9. The summed E-state index contributed by atoms with van der Waals surface area (Å²) < 4.78 is 12.7. The van der Waals surface area contributed by atoms with Crippen LogP contribution in [0.25, 0.3) is 0 Å². The zero-order valence-electron chi connectivity index (χ0n) is 20.7. The van der Waals surface area contributed by atoms with Crippen LogP contribution in [0.1, 0.15) is 48.0 Å². The van der Waals surface area contributed by atoms with Gasteiger partial charge in [-0.2, -0.15) is 10.2 Å². The van der Waals surface area contributed by atoms with Gasteiger partial charge in [0.1, 0.15) is 24.0 Å². The van der Waals surface area contributed by atoms with E-state index in [1.54, 1.807) is 40.0 Å². The molecule has 1 N–H and O–H groups in total. The second-order valence-corrected chi connectivity index (χ2v) is 8.21. The Balaban J connectivity index is 1.69. The molecule has 184 valence electrons. The third-order valence-electron chi connectivity index (χ3n) is 5.65. The van der Waals surface area contributed by atoms with Gasteiger partial charge in [-0.25, -0.2) is 5.43 Å². The molecule has 0 radical (unpaired) electrons. The molecule has 1 amide bonds. The van der Waals surface area contributed by atoms with Crippen LogP contribution in [0.15, 0.2) is 47.6 Å². The summed E-state index contributed by atoms with van der Waals surface area (Å²) in [5.74, 6) is 0.682. The van der Waals surface area contributed by atoms with Crippen LogP contribution in [0.5, 0.6) is 11.5 Å². The second-order valence-electron chi connectivity index (χ2n) is 8.21. The third kappa shape index (κ3) is 5.84. The first-order valence-electron chi connectivity index (χ1n) is 11.0. The topological polar surface area (TPSA) is 121 Å². The van der Waals surface area contributed by atoms with E-state index in [-0.39, 0.29) is 11.4 Å². The number of nitrogens with one attached hydrogen (secondary N) is 1. The van der Waals surface area contributed by atoms with Crippen molar-refractivity contribution in [2.24, 2.45) is 5.10 Å². The van der Waals surface area contributed by atoms with Crippen molar-refractivity contribution in [2.75, 3.05) is 7.11 Å². The molecule has 35 heavy (non-hydrogen) atoms. The van der Waals surface area contributed by atoms with Gasteiger partial charge in [0.05, 0.1) is 17.7 Å². The first-order chi connectivity index (χ1) is 16.6. The number of carbonyl (C=O) groups is 1. The highest BCUT2D eigenvalue weighted by atomic mass is 16.6. The number of ether oxygens (including phenoxy) is 2. The average Bonchev–Trinajstić information content (AvgIpc) is 3.15. The smallest absolute Gasteiger partial charge is 0.312 e. The lowest BCUT2D eigenvalue weighted by Crippen LogP contribution is -2.29. The van der Waals surface area contributed by atoms with E-state index in [1.807, 2.05) is 37.3 Å². The molecule has 0 aliphatic rings. The monoisotopic (exact) mass is 479 g/mol. The SMILES string of the molecule is COc1cc(/C(C)=N/NC(=O)C(C)n2nc(C)c([N+](=O)[O-])c2C)ccc1OCc1ccc(C)cc1. The number of nitrogens with zero attached hydrogens (tertiary/aromatic N) is 4. The van der Waals surface area contributed by atoms with E-state index in [0.29, 0.717) is 29.5 Å². The Hall–Kier alpha value is -4.21. The van der Waals surface area contributed by atoms with E-state index in [0.717, 1.165) is 11.1 Å². The Morgan fingerprint density at radius 3 is 2.46 bits per heavy atom. The largest absolute Gasteiger partial charge is 0.493 e. The summed E-state index contributed by atoms with van der Waals surface area (Å²) in [7, 11) is 1.56. The van der Waals surface area contributed by atoms with Crippen molar-refractivity contribution in [3.8, 4) is 11.5 Å². The van der Waals surface area contributed by atoms with Crippen LogP contribution in [-0.4, -0.2) is 33.4 Å². The summed E-state index contributed by atoms with van der Waals surface area (Å²) in [6, 6.07) is 12.7. The fraction of sp³-hybridized carbons (Fsp3) is 0.320. The number of aryl methyl sites for hydroxylation is 2. The highest BCUT2D eigenvalue weighted by molar-refractivity contribution is 5.99. The summed E-state index contributed by atoms with van der Waals surface area (Å²) in [5, 5.41) is 19.6. The lowest BCUT2D eigenvalue weighted by Gasteiger charge is -2.14. The van der Waals surface area contributed by atoms with E-state index < -0.39 is 16.9 Å². The molecule has 3 rings (SSSR count). The molecule has 0 fully saturated rings. The summed E-state index contributed by atoms with van der Waals surface area (Å²) in [4.78, 5) is 23.4. The van der Waals surface area contributed by atoms with Crippen LogP contribution < -0.4 is 14.9 Å². The molecule has 10 heteroatoms. The quantitative estimate of drug-likeness (QED) is 0.276. The fourth-order valence-electron chi connectivity index (χ4n) is 3.56. The number of aromatic nitrogens is 2.